The number of benzene rings is 1. The molecular weight excluding hydrogens is 245 g/mol. The molecular formula is C12H13ClFNO2. The maximum absolute atomic E-state index is 13.0. The lowest BCUT2D eigenvalue weighted by Crippen LogP contribution is -2.05. The third kappa shape index (κ3) is 4.44. The Morgan fingerprint density at radius 2 is 2.24 bits per heavy atom. The van der Waals surface area contributed by atoms with Gasteiger partial charge in [0.2, 0.25) is 0 Å². The van der Waals surface area contributed by atoms with Gasteiger partial charge >= 0.3 is 5.97 Å². The van der Waals surface area contributed by atoms with E-state index in [1.165, 1.54) is 19.2 Å². The molecule has 0 amide bonds. The number of halogens is 2. The van der Waals surface area contributed by atoms with Gasteiger partial charge < -0.3 is 10.1 Å². The number of carbonyl (C=O) groups excluding carboxylic acids is 1. The van der Waals surface area contributed by atoms with Crippen LogP contribution in [0.5, 0.6) is 0 Å². The van der Waals surface area contributed by atoms with Crippen LogP contribution in [0.3, 0.4) is 0 Å². The van der Waals surface area contributed by atoms with Crippen molar-refractivity contribution in [2.75, 3.05) is 19.0 Å². The summed E-state index contributed by atoms with van der Waals surface area (Å²) in [5.41, 5.74) is 1.05. The van der Waals surface area contributed by atoms with Gasteiger partial charge in [-0.05, 0) is 25.1 Å². The van der Waals surface area contributed by atoms with Crippen molar-refractivity contribution in [3.63, 3.8) is 0 Å². The van der Waals surface area contributed by atoms with E-state index in [9.17, 15) is 9.18 Å². The smallest absolute Gasteiger partial charge is 0.333 e. The monoisotopic (exact) mass is 257 g/mol. The van der Waals surface area contributed by atoms with Crippen molar-refractivity contribution in [3.05, 3.63) is 40.7 Å². The van der Waals surface area contributed by atoms with Gasteiger partial charge in [0.25, 0.3) is 0 Å². The number of methoxy groups -OCH3 is 1. The molecule has 17 heavy (non-hydrogen) atoms. The summed E-state index contributed by atoms with van der Waals surface area (Å²) in [6.07, 6.45) is 1.66. The highest BCUT2D eigenvalue weighted by Crippen LogP contribution is 2.17. The first kappa shape index (κ1) is 13.5. The minimum atomic E-state index is -0.409. The van der Waals surface area contributed by atoms with Gasteiger partial charge in [-0.2, -0.15) is 0 Å². The molecule has 0 unspecified atom stereocenters. The van der Waals surface area contributed by atoms with E-state index < -0.39 is 5.82 Å². The zero-order valence-electron chi connectivity index (χ0n) is 9.59. The lowest BCUT2D eigenvalue weighted by atomic mass is 10.2. The first-order chi connectivity index (χ1) is 8.02. The summed E-state index contributed by atoms with van der Waals surface area (Å²) in [5, 5.41) is 3.25. The Balaban J connectivity index is 2.59. The summed E-state index contributed by atoms with van der Waals surface area (Å²) < 4.78 is 17.5. The Labute approximate surface area is 104 Å². The predicted molar refractivity (Wildman–Crippen MR) is 65.7 cm³/mol. The number of rotatable bonds is 4. The summed E-state index contributed by atoms with van der Waals surface area (Å²) in [4.78, 5) is 11.1. The summed E-state index contributed by atoms with van der Waals surface area (Å²) in [7, 11) is 1.32. The van der Waals surface area contributed by atoms with Crippen molar-refractivity contribution in [2.24, 2.45) is 0 Å². The molecule has 0 aromatic heterocycles. The van der Waals surface area contributed by atoms with Crippen molar-refractivity contribution in [1.29, 1.82) is 0 Å². The second-order valence-corrected chi connectivity index (χ2v) is 3.85. The van der Waals surface area contributed by atoms with Gasteiger partial charge in [0, 0.05) is 22.8 Å². The molecule has 92 valence electrons. The molecule has 0 radical (unpaired) electrons. The molecule has 0 spiro atoms. The van der Waals surface area contributed by atoms with Crippen molar-refractivity contribution in [1.82, 2.24) is 0 Å². The van der Waals surface area contributed by atoms with Gasteiger partial charge in [-0.1, -0.05) is 17.7 Å². The molecule has 1 aromatic carbocycles. The largest absolute Gasteiger partial charge is 0.466 e. The molecule has 0 bridgehead atoms. The lowest BCUT2D eigenvalue weighted by molar-refractivity contribution is -0.136. The van der Waals surface area contributed by atoms with Crippen molar-refractivity contribution < 1.29 is 13.9 Å². The zero-order valence-corrected chi connectivity index (χ0v) is 10.3. The second-order valence-electron chi connectivity index (χ2n) is 3.42. The number of ether oxygens (including phenoxy) is 1. The molecule has 3 nitrogen and oxygen atoms in total. The number of esters is 1. The van der Waals surface area contributed by atoms with E-state index in [1.807, 2.05) is 0 Å². The molecule has 0 saturated heterocycles. The van der Waals surface area contributed by atoms with Crippen LogP contribution in [0.15, 0.2) is 29.8 Å². The standard InChI is InChI=1S/C12H13ClFNO2/c1-8(12(16)17-2)3-4-15-11-6-9(13)5-10(14)7-11/h3,5-7,15H,4H2,1-2H3/b8-3+. The molecule has 0 aliphatic carbocycles. The van der Waals surface area contributed by atoms with Gasteiger partial charge in [0.1, 0.15) is 5.82 Å². The minimum Gasteiger partial charge on any atom is -0.466 e. The number of hydrogen-bond donors (Lipinski definition) is 1. The Hall–Kier alpha value is -1.55. The number of carbonyl (C=O) groups is 1. The summed E-state index contributed by atoms with van der Waals surface area (Å²) >= 11 is 5.69. The van der Waals surface area contributed by atoms with Gasteiger partial charge in [0.05, 0.1) is 7.11 Å². The van der Waals surface area contributed by atoms with Gasteiger partial charge in [0.15, 0.2) is 0 Å². The fourth-order valence-electron chi connectivity index (χ4n) is 1.22. The van der Waals surface area contributed by atoms with Crippen LogP contribution in [0.2, 0.25) is 5.02 Å². The first-order valence-corrected chi connectivity index (χ1v) is 5.35. The van der Waals surface area contributed by atoms with E-state index in [1.54, 1.807) is 19.1 Å². The van der Waals surface area contributed by atoms with Gasteiger partial charge in [-0.15, -0.1) is 0 Å². The van der Waals surface area contributed by atoms with E-state index >= 15 is 0 Å². The summed E-state index contributed by atoms with van der Waals surface area (Å²) in [6.45, 7) is 2.03. The third-order valence-electron chi connectivity index (χ3n) is 2.08. The van der Waals surface area contributed by atoms with Crippen LogP contribution in [-0.2, 0) is 9.53 Å². The van der Waals surface area contributed by atoms with Crippen LogP contribution in [0.4, 0.5) is 10.1 Å². The average molecular weight is 258 g/mol. The zero-order chi connectivity index (χ0) is 12.8. The highest BCUT2D eigenvalue weighted by Gasteiger charge is 2.02. The van der Waals surface area contributed by atoms with Crippen molar-refractivity contribution >= 4 is 23.3 Å². The van der Waals surface area contributed by atoms with E-state index in [0.717, 1.165) is 0 Å². The molecule has 0 atom stereocenters. The quantitative estimate of drug-likeness (QED) is 0.666. The second kappa shape index (κ2) is 6.25. The molecule has 5 heteroatoms. The highest BCUT2D eigenvalue weighted by molar-refractivity contribution is 6.30. The van der Waals surface area contributed by atoms with E-state index in [-0.39, 0.29) is 5.97 Å². The maximum atomic E-state index is 13.0. The van der Waals surface area contributed by atoms with Crippen LogP contribution >= 0.6 is 11.6 Å². The van der Waals surface area contributed by atoms with Crippen LogP contribution in [-0.4, -0.2) is 19.6 Å². The molecule has 1 N–H and O–H groups in total. The number of anilines is 1. The predicted octanol–water partition coefficient (Wildman–Crippen LogP) is 3.01. The first-order valence-electron chi connectivity index (χ1n) is 4.98. The average Bonchev–Trinajstić information content (AvgIpc) is 2.26. The normalized spacial score (nSPS) is 11.2. The topological polar surface area (TPSA) is 38.3 Å². The molecule has 0 fully saturated rings. The van der Waals surface area contributed by atoms with Crippen LogP contribution in [0.1, 0.15) is 6.92 Å². The number of nitrogens with one attached hydrogen (secondary N) is 1. The van der Waals surface area contributed by atoms with Crippen molar-refractivity contribution in [2.45, 2.75) is 6.92 Å². The fraction of sp³-hybridized carbons (Fsp3) is 0.250. The summed E-state index contributed by atoms with van der Waals surface area (Å²) in [6, 6.07) is 4.15. The molecule has 0 aliphatic heterocycles. The molecule has 1 aromatic rings. The Bertz CT molecular complexity index is 426. The van der Waals surface area contributed by atoms with Crippen LogP contribution in [0.25, 0.3) is 0 Å². The molecule has 1 rings (SSSR count). The van der Waals surface area contributed by atoms with Crippen LogP contribution in [0, 0.1) is 5.82 Å². The van der Waals surface area contributed by atoms with E-state index in [0.29, 0.717) is 22.8 Å². The number of hydrogen-bond acceptors (Lipinski definition) is 3. The molecule has 0 aliphatic rings. The fourth-order valence-corrected chi connectivity index (χ4v) is 1.44. The summed E-state index contributed by atoms with van der Waals surface area (Å²) in [5.74, 6) is -0.794. The van der Waals surface area contributed by atoms with Crippen LogP contribution < -0.4 is 5.32 Å². The molecule has 0 saturated carbocycles. The molecule has 0 heterocycles. The third-order valence-corrected chi connectivity index (χ3v) is 2.30. The minimum absolute atomic E-state index is 0.321. The SMILES string of the molecule is COC(=O)/C(C)=C/CNc1cc(F)cc(Cl)c1. The van der Waals surface area contributed by atoms with Gasteiger partial charge in [-0.25, -0.2) is 9.18 Å². The van der Waals surface area contributed by atoms with E-state index in [2.05, 4.69) is 10.1 Å². The van der Waals surface area contributed by atoms with E-state index in [4.69, 9.17) is 11.6 Å². The van der Waals surface area contributed by atoms with Gasteiger partial charge in [-0.3, -0.25) is 0 Å². The Morgan fingerprint density at radius 3 is 2.82 bits per heavy atom. The lowest BCUT2D eigenvalue weighted by Gasteiger charge is -2.05. The highest BCUT2D eigenvalue weighted by atomic mass is 35.5. The maximum Gasteiger partial charge on any atom is 0.333 e. The Kier molecular flexibility index (Phi) is 4.97. The van der Waals surface area contributed by atoms with Crippen molar-refractivity contribution in [3.8, 4) is 0 Å². The Morgan fingerprint density at radius 1 is 1.53 bits per heavy atom.